The van der Waals surface area contributed by atoms with Crippen molar-refractivity contribution in [3.05, 3.63) is 71.3 Å². The van der Waals surface area contributed by atoms with E-state index < -0.39 is 0 Å². The van der Waals surface area contributed by atoms with E-state index in [1.165, 1.54) is 17.8 Å². The van der Waals surface area contributed by atoms with Gasteiger partial charge in [-0.15, -0.1) is 0 Å². The average molecular weight is 326 g/mol. The van der Waals surface area contributed by atoms with Gasteiger partial charge in [0, 0.05) is 17.3 Å². The van der Waals surface area contributed by atoms with Crippen molar-refractivity contribution in [2.75, 3.05) is 4.90 Å². The molecule has 1 atom stereocenters. The summed E-state index contributed by atoms with van der Waals surface area (Å²) in [6.07, 6.45) is 3.81. The van der Waals surface area contributed by atoms with Crippen LogP contribution in [0.5, 0.6) is 0 Å². The number of imidazole rings is 1. The van der Waals surface area contributed by atoms with Gasteiger partial charge < -0.3 is 10.6 Å². The normalized spacial score (nSPS) is 17.8. The number of benzene rings is 1. The summed E-state index contributed by atoms with van der Waals surface area (Å²) in [5.41, 5.74) is 10.3. The van der Waals surface area contributed by atoms with E-state index in [1.54, 1.807) is 13.0 Å². The summed E-state index contributed by atoms with van der Waals surface area (Å²) >= 11 is 1.53. The maximum absolute atomic E-state index is 13.6. The number of hydrogen-bond acceptors (Lipinski definition) is 4. The number of halogens is 1. The highest BCUT2D eigenvalue weighted by Gasteiger charge is 2.28. The minimum absolute atomic E-state index is 0.213. The summed E-state index contributed by atoms with van der Waals surface area (Å²) in [6, 6.07) is 10.9. The average Bonchev–Trinajstić information content (AvgIpc) is 3.13. The number of nitrogens with zero attached hydrogens (tertiary/aromatic N) is 3. The van der Waals surface area contributed by atoms with Crippen molar-refractivity contribution in [1.82, 2.24) is 9.38 Å². The Labute approximate surface area is 137 Å². The molecule has 2 aromatic heterocycles. The predicted octanol–water partition coefficient (Wildman–Crippen LogP) is 3.58. The Morgan fingerprint density at radius 2 is 2.13 bits per heavy atom. The van der Waals surface area contributed by atoms with Gasteiger partial charge in [0.1, 0.15) is 17.0 Å². The number of nitrogens with two attached hydrogens (primary N) is 1. The number of fused-ring (bicyclic) bond motifs is 1. The molecule has 1 aliphatic heterocycles. The fourth-order valence-electron chi connectivity index (χ4n) is 2.76. The van der Waals surface area contributed by atoms with Crippen LogP contribution in [0.25, 0.3) is 11.3 Å². The zero-order chi connectivity index (χ0) is 16.0. The van der Waals surface area contributed by atoms with Crippen LogP contribution < -0.4 is 10.6 Å². The lowest BCUT2D eigenvalue weighted by Gasteiger charge is -2.26. The van der Waals surface area contributed by atoms with Crippen LogP contribution in [-0.2, 0) is 0 Å². The van der Waals surface area contributed by atoms with E-state index in [2.05, 4.69) is 4.98 Å². The number of thioether (sulfide) groups is 1. The number of pyridine rings is 1. The molecule has 1 aromatic carbocycles. The van der Waals surface area contributed by atoms with E-state index in [0.29, 0.717) is 5.56 Å². The molecular formula is C17H15FN4S. The molecule has 0 amide bonds. The van der Waals surface area contributed by atoms with Gasteiger partial charge in [-0.25, -0.2) is 9.37 Å². The first kappa shape index (κ1) is 14.3. The topological polar surface area (TPSA) is 46.6 Å². The zero-order valence-corrected chi connectivity index (χ0v) is 13.3. The highest BCUT2D eigenvalue weighted by molar-refractivity contribution is 8.03. The molecule has 2 N–H and O–H groups in total. The molecule has 0 aliphatic carbocycles. The Balaban J connectivity index is 1.82. The minimum atomic E-state index is -0.246. The third kappa shape index (κ3) is 2.31. The molecule has 1 unspecified atom stereocenters. The lowest BCUT2D eigenvalue weighted by molar-refractivity contribution is 0.618. The standard InChI is InChI=1S/C17H15FN4S/c1-11-8-12(5-6-13(11)18)22-15(10-23-17(22)19)14-9-20-16-4-2-3-7-21(14)16/h2-10,17H,19H2,1H3. The fourth-order valence-corrected chi connectivity index (χ4v) is 3.62. The summed E-state index contributed by atoms with van der Waals surface area (Å²) in [7, 11) is 0. The van der Waals surface area contributed by atoms with E-state index in [4.69, 9.17) is 5.73 Å². The second-order valence-corrected chi connectivity index (χ2v) is 6.40. The quantitative estimate of drug-likeness (QED) is 0.782. The molecule has 1 aliphatic rings. The molecular weight excluding hydrogens is 311 g/mol. The van der Waals surface area contributed by atoms with Crippen molar-refractivity contribution in [2.45, 2.75) is 12.4 Å². The number of aryl methyl sites for hydroxylation is 1. The fraction of sp³-hybridized carbons (Fsp3) is 0.118. The van der Waals surface area contributed by atoms with Gasteiger partial charge in [-0.2, -0.15) is 0 Å². The second-order valence-electron chi connectivity index (χ2n) is 5.41. The van der Waals surface area contributed by atoms with Crippen molar-refractivity contribution in [3.63, 3.8) is 0 Å². The number of aromatic nitrogens is 2. The van der Waals surface area contributed by atoms with Crippen LogP contribution in [0.1, 0.15) is 11.3 Å². The largest absolute Gasteiger partial charge is 0.314 e. The Hall–Kier alpha value is -2.31. The van der Waals surface area contributed by atoms with Gasteiger partial charge >= 0.3 is 0 Å². The highest BCUT2D eigenvalue weighted by atomic mass is 32.2. The first-order chi connectivity index (χ1) is 11.1. The van der Waals surface area contributed by atoms with Crippen molar-refractivity contribution < 1.29 is 4.39 Å². The molecule has 3 aromatic rings. The van der Waals surface area contributed by atoms with Crippen LogP contribution in [0, 0.1) is 12.7 Å². The first-order valence-corrected chi connectivity index (χ1v) is 8.18. The summed E-state index contributed by atoms with van der Waals surface area (Å²) in [4.78, 5) is 6.44. The number of hydrogen-bond donors (Lipinski definition) is 1. The van der Waals surface area contributed by atoms with Gasteiger partial charge in [0.2, 0.25) is 0 Å². The molecule has 116 valence electrons. The summed E-state index contributed by atoms with van der Waals surface area (Å²) in [6.45, 7) is 1.76. The van der Waals surface area contributed by atoms with Crippen molar-refractivity contribution in [2.24, 2.45) is 5.73 Å². The van der Waals surface area contributed by atoms with Gasteiger partial charge in [-0.05, 0) is 42.8 Å². The van der Waals surface area contributed by atoms with E-state index in [1.807, 2.05) is 51.4 Å². The molecule has 0 radical (unpaired) electrons. The smallest absolute Gasteiger partial charge is 0.137 e. The maximum Gasteiger partial charge on any atom is 0.137 e. The molecule has 4 nitrogen and oxygen atoms in total. The van der Waals surface area contributed by atoms with Crippen LogP contribution in [0.3, 0.4) is 0 Å². The predicted molar refractivity (Wildman–Crippen MR) is 92.4 cm³/mol. The molecule has 0 bridgehead atoms. The Morgan fingerprint density at radius 3 is 2.96 bits per heavy atom. The van der Waals surface area contributed by atoms with Crippen molar-refractivity contribution >= 4 is 28.8 Å². The van der Waals surface area contributed by atoms with Gasteiger partial charge in [-0.1, -0.05) is 17.8 Å². The minimum Gasteiger partial charge on any atom is -0.314 e. The van der Waals surface area contributed by atoms with Crippen LogP contribution in [0.15, 0.2) is 54.2 Å². The van der Waals surface area contributed by atoms with Crippen molar-refractivity contribution in [1.29, 1.82) is 0 Å². The molecule has 0 spiro atoms. The zero-order valence-electron chi connectivity index (χ0n) is 12.5. The maximum atomic E-state index is 13.6. The van der Waals surface area contributed by atoms with Gasteiger partial charge in [0.05, 0.1) is 17.6 Å². The van der Waals surface area contributed by atoms with E-state index in [-0.39, 0.29) is 11.3 Å². The Morgan fingerprint density at radius 1 is 1.26 bits per heavy atom. The Kier molecular flexibility index (Phi) is 3.36. The number of rotatable bonds is 2. The van der Waals surface area contributed by atoms with Gasteiger partial charge in [0.15, 0.2) is 0 Å². The third-order valence-corrected chi connectivity index (χ3v) is 4.78. The van der Waals surface area contributed by atoms with Crippen LogP contribution >= 0.6 is 11.8 Å². The van der Waals surface area contributed by atoms with E-state index >= 15 is 0 Å². The van der Waals surface area contributed by atoms with Crippen molar-refractivity contribution in [3.8, 4) is 0 Å². The molecule has 23 heavy (non-hydrogen) atoms. The molecule has 0 saturated carbocycles. The van der Waals surface area contributed by atoms with Gasteiger partial charge in [-0.3, -0.25) is 4.40 Å². The second kappa shape index (κ2) is 5.40. The SMILES string of the molecule is Cc1cc(N2C(c3cnc4ccccn34)=CSC2N)ccc1F. The van der Waals surface area contributed by atoms with Gasteiger partial charge in [0.25, 0.3) is 0 Å². The van der Waals surface area contributed by atoms with Crippen LogP contribution in [0.4, 0.5) is 10.1 Å². The monoisotopic (exact) mass is 326 g/mol. The number of anilines is 1. The Bertz CT molecular complexity index is 918. The lowest BCUT2D eigenvalue weighted by Crippen LogP contribution is -2.35. The summed E-state index contributed by atoms with van der Waals surface area (Å²) < 4.78 is 15.6. The van der Waals surface area contributed by atoms with Crippen LogP contribution in [-0.4, -0.2) is 14.9 Å². The summed E-state index contributed by atoms with van der Waals surface area (Å²) in [5.74, 6) is -0.213. The van der Waals surface area contributed by atoms with E-state index in [0.717, 1.165) is 22.7 Å². The lowest BCUT2D eigenvalue weighted by atomic mass is 10.2. The summed E-state index contributed by atoms with van der Waals surface area (Å²) in [5, 5.41) is 2.03. The molecule has 3 heterocycles. The first-order valence-electron chi connectivity index (χ1n) is 7.24. The molecule has 0 saturated heterocycles. The highest BCUT2D eigenvalue weighted by Crippen LogP contribution is 2.38. The molecule has 6 heteroatoms. The van der Waals surface area contributed by atoms with Crippen LogP contribution in [0.2, 0.25) is 0 Å². The molecule has 0 fully saturated rings. The van der Waals surface area contributed by atoms with E-state index in [9.17, 15) is 4.39 Å². The molecule has 4 rings (SSSR count). The third-order valence-electron chi connectivity index (χ3n) is 3.93.